The fourth-order valence-electron chi connectivity index (χ4n) is 4.73. The average Bonchev–Trinajstić information content (AvgIpc) is 3.41. The molecule has 4 nitrogen and oxygen atoms in total. The molecule has 1 fully saturated rings. The van der Waals surface area contributed by atoms with Gasteiger partial charge in [-0.25, -0.2) is 0 Å². The smallest absolute Gasteiger partial charge is 0.273 e. The number of fused-ring (bicyclic) bond motifs is 1. The Morgan fingerprint density at radius 2 is 1.54 bits per heavy atom. The third-order valence-corrected chi connectivity index (χ3v) is 6.24. The molecular formula is C24H25N3O. The van der Waals surface area contributed by atoms with Crippen molar-refractivity contribution in [2.24, 2.45) is 0 Å². The fraction of sp³-hybridized carbons (Fsp3) is 0.333. The predicted octanol–water partition coefficient (Wildman–Crippen LogP) is 5.18. The molecule has 142 valence electrons. The van der Waals surface area contributed by atoms with E-state index in [0.29, 0.717) is 11.7 Å². The van der Waals surface area contributed by atoms with E-state index in [-0.39, 0.29) is 11.9 Å². The standard InChI is InChI=1S/C24H25N3O/c1-15-7-11-17(12-8-15)21-20-22(26-25-21)24(28)27(19-5-3-4-6-19)23(20)18-13-9-16(2)10-14-18/h7-14,19,23H,3-6H2,1-2H3,(H,25,26). The van der Waals surface area contributed by atoms with Crippen LogP contribution in [0.25, 0.3) is 11.3 Å². The molecule has 2 aliphatic rings. The molecule has 0 bridgehead atoms. The number of aromatic nitrogens is 2. The van der Waals surface area contributed by atoms with Crippen LogP contribution in [0.1, 0.15) is 64.5 Å². The number of aromatic amines is 1. The van der Waals surface area contributed by atoms with Crippen LogP contribution >= 0.6 is 0 Å². The van der Waals surface area contributed by atoms with Crippen molar-refractivity contribution in [3.63, 3.8) is 0 Å². The van der Waals surface area contributed by atoms with Gasteiger partial charge < -0.3 is 4.90 Å². The number of carbonyl (C=O) groups is 1. The maximum atomic E-state index is 13.4. The van der Waals surface area contributed by atoms with E-state index in [1.165, 1.54) is 29.5 Å². The summed E-state index contributed by atoms with van der Waals surface area (Å²) in [5, 5.41) is 7.64. The van der Waals surface area contributed by atoms with Crippen LogP contribution in [0.2, 0.25) is 0 Å². The highest BCUT2D eigenvalue weighted by molar-refractivity contribution is 6.00. The summed E-state index contributed by atoms with van der Waals surface area (Å²) >= 11 is 0. The minimum Gasteiger partial charge on any atom is -0.323 e. The third kappa shape index (κ3) is 2.67. The molecule has 1 saturated carbocycles. The Kier molecular flexibility index (Phi) is 4.08. The summed E-state index contributed by atoms with van der Waals surface area (Å²) in [5.41, 5.74) is 7.26. The number of hydrogen-bond donors (Lipinski definition) is 1. The summed E-state index contributed by atoms with van der Waals surface area (Å²) in [6.07, 6.45) is 4.58. The lowest BCUT2D eigenvalue weighted by atomic mass is 9.94. The van der Waals surface area contributed by atoms with Crippen molar-refractivity contribution >= 4 is 5.91 Å². The number of nitrogens with zero attached hydrogens (tertiary/aromatic N) is 2. The summed E-state index contributed by atoms with van der Waals surface area (Å²) in [6.45, 7) is 4.18. The molecule has 3 aromatic rings. The Morgan fingerprint density at radius 1 is 0.929 bits per heavy atom. The lowest BCUT2D eigenvalue weighted by molar-refractivity contribution is 0.0660. The van der Waals surface area contributed by atoms with Gasteiger partial charge in [0.2, 0.25) is 0 Å². The summed E-state index contributed by atoms with van der Waals surface area (Å²) in [5.74, 6) is 0.0957. The van der Waals surface area contributed by atoms with Gasteiger partial charge in [0, 0.05) is 17.2 Å². The SMILES string of the molecule is Cc1ccc(-c2n[nH]c3c2C(c2ccc(C)cc2)N(C2CCCC2)C3=O)cc1. The van der Waals surface area contributed by atoms with Crippen LogP contribution in [0.4, 0.5) is 0 Å². The molecule has 0 saturated heterocycles. The van der Waals surface area contributed by atoms with Crippen molar-refractivity contribution in [2.45, 2.75) is 51.6 Å². The molecule has 1 N–H and O–H groups in total. The summed E-state index contributed by atoms with van der Waals surface area (Å²) in [6, 6.07) is 17.2. The van der Waals surface area contributed by atoms with Crippen LogP contribution in [0.3, 0.4) is 0 Å². The molecule has 0 spiro atoms. The molecule has 0 radical (unpaired) electrons. The van der Waals surface area contributed by atoms with Gasteiger partial charge in [-0.3, -0.25) is 9.89 Å². The molecule has 5 rings (SSSR count). The van der Waals surface area contributed by atoms with E-state index in [1.54, 1.807) is 0 Å². The molecule has 4 heteroatoms. The van der Waals surface area contributed by atoms with Gasteiger partial charge in [0.15, 0.2) is 0 Å². The number of nitrogens with one attached hydrogen (secondary N) is 1. The lowest BCUT2D eigenvalue weighted by Gasteiger charge is -2.32. The van der Waals surface area contributed by atoms with Crippen LogP contribution in [0.5, 0.6) is 0 Å². The zero-order valence-corrected chi connectivity index (χ0v) is 16.4. The molecule has 2 heterocycles. The molecular weight excluding hydrogens is 346 g/mol. The van der Waals surface area contributed by atoms with E-state index >= 15 is 0 Å². The number of aryl methyl sites for hydroxylation is 2. The highest BCUT2D eigenvalue weighted by Crippen LogP contribution is 2.46. The topological polar surface area (TPSA) is 49.0 Å². The summed E-state index contributed by atoms with van der Waals surface area (Å²) < 4.78 is 0. The van der Waals surface area contributed by atoms with Crippen molar-refractivity contribution in [1.82, 2.24) is 15.1 Å². The number of benzene rings is 2. The maximum Gasteiger partial charge on any atom is 0.273 e. The maximum absolute atomic E-state index is 13.4. The minimum absolute atomic E-state index is 0.0683. The summed E-state index contributed by atoms with van der Waals surface area (Å²) in [7, 11) is 0. The lowest BCUT2D eigenvalue weighted by Crippen LogP contribution is -2.37. The van der Waals surface area contributed by atoms with E-state index in [0.717, 1.165) is 29.7 Å². The number of hydrogen-bond acceptors (Lipinski definition) is 2. The zero-order valence-electron chi connectivity index (χ0n) is 16.4. The number of amides is 1. The van der Waals surface area contributed by atoms with Crippen molar-refractivity contribution in [2.75, 3.05) is 0 Å². The average molecular weight is 371 g/mol. The predicted molar refractivity (Wildman–Crippen MR) is 110 cm³/mol. The van der Waals surface area contributed by atoms with Crippen LogP contribution < -0.4 is 0 Å². The molecule has 28 heavy (non-hydrogen) atoms. The Bertz CT molecular complexity index is 1010. The van der Waals surface area contributed by atoms with Crippen molar-refractivity contribution in [1.29, 1.82) is 0 Å². The number of H-pyrrole nitrogens is 1. The van der Waals surface area contributed by atoms with Crippen molar-refractivity contribution in [3.8, 4) is 11.3 Å². The van der Waals surface area contributed by atoms with Crippen LogP contribution in [0.15, 0.2) is 48.5 Å². The summed E-state index contributed by atoms with van der Waals surface area (Å²) in [4.78, 5) is 15.5. The third-order valence-electron chi connectivity index (χ3n) is 6.24. The normalized spacial score (nSPS) is 19.4. The first-order valence-electron chi connectivity index (χ1n) is 10.2. The second-order valence-corrected chi connectivity index (χ2v) is 8.19. The largest absolute Gasteiger partial charge is 0.323 e. The van der Waals surface area contributed by atoms with Crippen LogP contribution in [0, 0.1) is 13.8 Å². The molecule has 1 aliphatic heterocycles. The molecule has 1 unspecified atom stereocenters. The van der Waals surface area contributed by atoms with Gasteiger partial charge in [0.25, 0.3) is 5.91 Å². The van der Waals surface area contributed by atoms with Crippen molar-refractivity contribution < 1.29 is 4.79 Å². The van der Waals surface area contributed by atoms with E-state index in [1.807, 2.05) is 0 Å². The second-order valence-electron chi connectivity index (χ2n) is 8.19. The quantitative estimate of drug-likeness (QED) is 0.689. The first-order valence-corrected chi connectivity index (χ1v) is 10.2. The Hall–Kier alpha value is -2.88. The molecule has 1 aromatic heterocycles. The van der Waals surface area contributed by atoms with Gasteiger partial charge in [0.05, 0.1) is 11.7 Å². The monoisotopic (exact) mass is 371 g/mol. The first-order chi connectivity index (χ1) is 13.6. The van der Waals surface area contributed by atoms with Gasteiger partial charge in [-0.2, -0.15) is 5.10 Å². The number of rotatable bonds is 3. The first kappa shape index (κ1) is 17.2. The number of carbonyl (C=O) groups excluding carboxylic acids is 1. The molecule has 1 aliphatic carbocycles. The van der Waals surface area contributed by atoms with Crippen molar-refractivity contribution in [3.05, 3.63) is 76.5 Å². The van der Waals surface area contributed by atoms with Gasteiger partial charge in [-0.05, 0) is 32.3 Å². The van der Waals surface area contributed by atoms with Gasteiger partial charge in [-0.15, -0.1) is 0 Å². The van der Waals surface area contributed by atoms with E-state index in [9.17, 15) is 4.79 Å². The van der Waals surface area contributed by atoms with E-state index < -0.39 is 0 Å². The van der Waals surface area contributed by atoms with Gasteiger partial charge in [0.1, 0.15) is 5.69 Å². The molecule has 1 atom stereocenters. The highest BCUT2D eigenvalue weighted by atomic mass is 16.2. The fourth-order valence-corrected chi connectivity index (χ4v) is 4.73. The second kappa shape index (κ2) is 6.62. The van der Waals surface area contributed by atoms with E-state index in [2.05, 4.69) is 77.5 Å². The Balaban J connectivity index is 1.67. The zero-order chi connectivity index (χ0) is 19.3. The molecule has 1 amide bonds. The van der Waals surface area contributed by atoms with Crippen LogP contribution in [-0.2, 0) is 0 Å². The van der Waals surface area contributed by atoms with Gasteiger partial charge in [-0.1, -0.05) is 72.5 Å². The van der Waals surface area contributed by atoms with E-state index in [4.69, 9.17) is 0 Å². The van der Waals surface area contributed by atoms with Gasteiger partial charge >= 0.3 is 0 Å². The minimum atomic E-state index is -0.0683. The Morgan fingerprint density at radius 3 is 2.18 bits per heavy atom. The Labute approximate surface area is 165 Å². The highest BCUT2D eigenvalue weighted by Gasteiger charge is 2.45. The molecule has 2 aromatic carbocycles. The van der Waals surface area contributed by atoms with Crippen LogP contribution in [-0.4, -0.2) is 27.0 Å².